The number of imidazole rings is 1. The van der Waals surface area contributed by atoms with Crippen LogP contribution in [0.5, 0.6) is 0 Å². The van der Waals surface area contributed by atoms with E-state index < -0.39 is 0 Å². The highest BCUT2D eigenvalue weighted by Crippen LogP contribution is 2.42. The third-order valence-electron chi connectivity index (χ3n) is 3.04. The van der Waals surface area contributed by atoms with Gasteiger partial charge in [0.25, 0.3) is 0 Å². The Morgan fingerprint density at radius 3 is 2.81 bits per heavy atom. The van der Waals surface area contributed by atoms with Crippen LogP contribution in [0.15, 0.2) is 36.5 Å². The molecule has 1 aromatic heterocycles. The van der Waals surface area contributed by atoms with Gasteiger partial charge in [0.15, 0.2) is 0 Å². The first-order valence-electron chi connectivity index (χ1n) is 5.66. The average molecular weight is 213 g/mol. The highest BCUT2D eigenvalue weighted by Gasteiger charge is 2.38. The van der Waals surface area contributed by atoms with Gasteiger partial charge in [-0.1, -0.05) is 30.3 Å². The molecule has 1 aliphatic carbocycles. The number of hydrogen-bond donors (Lipinski definition) is 2. The average Bonchev–Trinajstić information content (AvgIpc) is 2.95. The zero-order valence-corrected chi connectivity index (χ0v) is 9.27. The molecule has 1 aliphatic rings. The first-order valence-corrected chi connectivity index (χ1v) is 5.66. The van der Waals surface area contributed by atoms with Crippen LogP contribution >= 0.6 is 0 Å². The predicted octanol–water partition coefficient (Wildman–Crippen LogP) is 2.69. The summed E-state index contributed by atoms with van der Waals surface area (Å²) in [5.74, 6) is 1.53. The third-order valence-corrected chi connectivity index (χ3v) is 3.04. The van der Waals surface area contributed by atoms with Gasteiger partial charge in [0.1, 0.15) is 0 Å². The largest absolute Gasteiger partial charge is 0.352 e. The van der Waals surface area contributed by atoms with Crippen molar-refractivity contribution in [3.05, 3.63) is 47.8 Å². The number of aromatic nitrogens is 2. The molecule has 1 aromatic carbocycles. The van der Waals surface area contributed by atoms with Crippen LogP contribution in [0, 0.1) is 6.92 Å². The first-order chi connectivity index (χ1) is 7.83. The van der Waals surface area contributed by atoms with Gasteiger partial charge in [-0.15, -0.1) is 0 Å². The molecular weight excluding hydrogens is 198 g/mol. The molecule has 2 N–H and O–H groups in total. The summed E-state index contributed by atoms with van der Waals surface area (Å²) in [4.78, 5) is 7.45. The number of hydrogen-bond acceptors (Lipinski definition) is 2. The molecular formula is C13H15N3. The van der Waals surface area contributed by atoms with Crippen LogP contribution in [0.1, 0.15) is 23.6 Å². The highest BCUT2D eigenvalue weighted by atomic mass is 15.1. The van der Waals surface area contributed by atoms with Crippen molar-refractivity contribution in [3.8, 4) is 0 Å². The fourth-order valence-electron chi connectivity index (χ4n) is 2.08. The topological polar surface area (TPSA) is 40.7 Å². The Morgan fingerprint density at radius 1 is 1.31 bits per heavy atom. The minimum absolute atomic E-state index is 0.535. The molecule has 0 amide bonds. The quantitative estimate of drug-likeness (QED) is 0.823. The van der Waals surface area contributed by atoms with Crippen molar-refractivity contribution in [3.63, 3.8) is 0 Å². The molecule has 2 aromatic rings. The van der Waals surface area contributed by atoms with Crippen LogP contribution in [0.4, 0.5) is 5.95 Å². The summed E-state index contributed by atoms with van der Waals surface area (Å²) in [5, 5.41) is 3.42. The second kappa shape index (κ2) is 3.67. The van der Waals surface area contributed by atoms with Gasteiger partial charge < -0.3 is 10.3 Å². The van der Waals surface area contributed by atoms with Gasteiger partial charge in [-0.3, -0.25) is 0 Å². The molecule has 1 fully saturated rings. The number of H-pyrrole nitrogens is 1. The molecule has 0 saturated heterocycles. The molecule has 0 bridgehead atoms. The maximum absolute atomic E-state index is 4.26. The van der Waals surface area contributed by atoms with E-state index in [0.29, 0.717) is 12.0 Å². The van der Waals surface area contributed by atoms with Crippen LogP contribution in [-0.2, 0) is 0 Å². The standard InChI is InChI=1S/C13H15N3/c1-9-8-14-13(15-9)16-12-7-11(12)10-5-3-2-4-6-10/h2-6,8,11-12H,7H2,1H3,(H2,14,15,16). The predicted molar refractivity (Wildman–Crippen MR) is 64.5 cm³/mol. The van der Waals surface area contributed by atoms with Crippen LogP contribution in [0.25, 0.3) is 0 Å². The normalized spacial score (nSPS) is 23.1. The maximum Gasteiger partial charge on any atom is 0.200 e. The van der Waals surface area contributed by atoms with Gasteiger partial charge in [0, 0.05) is 23.9 Å². The third kappa shape index (κ3) is 1.81. The highest BCUT2D eigenvalue weighted by molar-refractivity contribution is 5.37. The lowest BCUT2D eigenvalue weighted by molar-refractivity contribution is 1.02. The molecule has 3 nitrogen and oxygen atoms in total. The number of benzene rings is 1. The molecule has 0 aliphatic heterocycles. The molecule has 3 heteroatoms. The molecule has 3 rings (SSSR count). The monoisotopic (exact) mass is 213 g/mol. The lowest BCUT2D eigenvalue weighted by Crippen LogP contribution is -2.05. The van der Waals surface area contributed by atoms with E-state index in [4.69, 9.17) is 0 Å². The van der Waals surface area contributed by atoms with Gasteiger partial charge in [0.05, 0.1) is 0 Å². The smallest absolute Gasteiger partial charge is 0.200 e. The minimum Gasteiger partial charge on any atom is -0.352 e. The molecule has 1 heterocycles. The zero-order valence-electron chi connectivity index (χ0n) is 9.27. The van der Waals surface area contributed by atoms with Crippen molar-refractivity contribution < 1.29 is 0 Å². The Labute approximate surface area is 94.9 Å². The van der Waals surface area contributed by atoms with Crippen molar-refractivity contribution >= 4 is 5.95 Å². The SMILES string of the molecule is Cc1cnc(NC2CC2c2ccccc2)[nH]1. The van der Waals surface area contributed by atoms with Gasteiger partial charge >= 0.3 is 0 Å². The maximum atomic E-state index is 4.26. The number of rotatable bonds is 3. The molecule has 1 saturated carbocycles. The molecule has 82 valence electrons. The summed E-state index contributed by atoms with van der Waals surface area (Å²) in [6.45, 7) is 2.01. The van der Waals surface area contributed by atoms with Crippen molar-refractivity contribution in [2.45, 2.75) is 25.3 Å². The van der Waals surface area contributed by atoms with Gasteiger partial charge in [-0.25, -0.2) is 4.98 Å². The van der Waals surface area contributed by atoms with Crippen LogP contribution < -0.4 is 5.32 Å². The fraction of sp³-hybridized carbons (Fsp3) is 0.308. The lowest BCUT2D eigenvalue weighted by atomic mass is 10.1. The molecule has 0 spiro atoms. The van der Waals surface area contributed by atoms with E-state index >= 15 is 0 Å². The van der Waals surface area contributed by atoms with Crippen molar-refractivity contribution in [1.29, 1.82) is 0 Å². The molecule has 2 unspecified atom stereocenters. The van der Waals surface area contributed by atoms with E-state index in [9.17, 15) is 0 Å². The second-order valence-electron chi connectivity index (χ2n) is 4.42. The van der Waals surface area contributed by atoms with Gasteiger partial charge in [-0.2, -0.15) is 0 Å². The summed E-state index contributed by atoms with van der Waals surface area (Å²) < 4.78 is 0. The fourth-order valence-corrected chi connectivity index (χ4v) is 2.08. The molecule has 0 radical (unpaired) electrons. The van der Waals surface area contributed by atoms with E-state index in [0.717, 1.165) is 11.6 Å². The Morgan fingerprint density at radius 2 is 2.12 bits per heavy atom. The van der Waals surface area contributed by atoms with Crippen LogP contribution in [0.2, 0.25) is 0 Å². The number of aromatic amines is 1. The summed E-state index contributed by atoms with van der Waals surface area (Å²) in [6.07, 6.45) is 3.05. The Bertz CT molecular complexity index is 475. The zero-order chi connectivity index (χ0) is 11.0. The number of nitrogens with zero attached hydrogens (tertiary/aromatic N) is 1. The van der Waals surface area contributed by atoms with E-state index in [1.807, 2.05) is 13.1 Å². The molecule has 16 heavy (non-hydrogen) atoms. The lowest BCUT2D eigenvalue weighted by Gasteiger charge is -2.02. The Balaban J connectivity index is 1.65. The van der Waals surface area contributed by atoms with Crippen molar-refractivity contribution in [2.24, 2.45) is 0 Å². The minimum atomic E-state index is 0.535. The number of nitrogens with one attached hydrogen (secondary N) is 2. The summed E-state index contributed by atoms with van der Waals surface area (Å²) in [5.41, 5.74) is 2.52. The van der Waals surface area contributed by atoms with Crippen LogP contribution in [0.3, 0.4) is 0 Å². The Kier molecular flexibility index (Phi) is 2.17. The first kappa shape index (κ1) is 9.46. The van der Waals surface area contributed by atoms with Gasteiger partial charge in [-0.05, 0) is 18.9 Å². The Hall–Kier alpha value is -1.77. The van der Waals surface area contributed by atoms with Crippen molar-refractivity contribution in [2.75, 3.05) is 5.32 Å². The van der Waals surface area contributed by atoms with Crippen molar-refractivity contribution in [1.82, 2.24) is 9.97 Å². The van der Waals surface area contributed by atoms with E-state index in [-0.39, 0.29) is 0 Å². The van der Waals surface area contributed by atoms with E-state index in [2.05, 4.69) is 45.6 Å². The summed E-state index contributed by atoms with van der Waals surface area (Å²) >= 11 is 0. The van der Waals surface area contributed by atoms with Crippen LogP contribution in [-0.4, -0.2) is 16.0 Å². The molecule has 2 atom stereocenters. The van der Waals surface area contributed by atoms with Gasteiger partial charge in [0.2, 0.25) is 5.95 Å². The van der Waals surface area contributed by atoms with E-state index in [1.165, 1.54) is 12.0 Å². The summed E-state index contributed by atoms with van der Waals surface area (Å²) in [6, 6.07) is 11.2. The number of aryl methyl sites for hydroxylation is 1. The number of anilines is 1. The second-order valence-corrected chi connectivity index (χ2v) is 4.42. The van der Waals surface area contributed by atoms with E-state index in [1.54, 1.807) is 0 Å². The summed E-state index contributed by atoms with van der Waals surface area (Å²) in [7, 11) is 0.